The van der Waals surface area contributed by atoms with Gasteiger partial charge in [0.2, 0.25) is 0 Å². The average Bonchev–Trinajstić information content (AvgIpc) is 3.22. The molecule has 1 atom stereocenters. The van der Waals surface area contributed by atoms with Crippen LogP contribution in [-0.2, 0) is 19.4 Å². The summed E-state index contributed by atoms with van der Waals surface area (Å²) in [6.07, 6.45) is 3.46. The molecule has 0 amide bonds. The predicted molar refractivity (Wildman–Crippen MR) is 126 cm³/mol. The van der Waals surface area contributed by atoms with Gasteiger partial charge in [-0.2, -0.15) is 0 Å². The number of carbonyl (C=O) groups excluding carboxylic acids is 2. The Morgan fingerprint density at radius 2 is 1.91 bits per heavy atom. The molecule has 8 heteroatoms. The number of benzene rings is 2. The Kier molecular flexibility index (Phi) is 5.97. The highest BCUT2D eigenvalue weighted by Gasteiger charge is 2.31. The molecule has 5 rings (SSSR count). The number of ether oxygens (including phenoxy) is 1. The number of ketones is 2. The Hall–Kier alpha value is -2.71. The number of Topliss-reactive ketones (excluding diaryl/α,β-unsaturated/α-hetero) is 2. The third kappa shape index (κ3) is 4.68. The van der Waals surface area contributed by atoms with Crippen LogP contribution in [0.5, 0.6) is 5.75 Å². The summed E-state index contributed by atoms with van der Waals surface area (Å²) < 4.78 is 34.8. The summed E-state index contributed by atoms with van der Waals surface area (Å²) >= 11 is 0. The van der Waals surface area contributed by atoms with Gasteiger partial charge in [0.05, 0.1) is 30.8 Å². The molecule has 0 radical (unpaired) electrons. The molecule has 0 bridgehead atoms. The molecule has 0 unspecified atom stereocenters. The molecule has 7 nitrogen and oxygen atoms in total. The SMILES string of the molecule is O=C1CC[C@@H](c2coc3ccc4cc(OCCCN5CCS(=O)(=O)CC5)ccc4c23)C(=O)C1. The zero-order valence-electron chi connectivity index (χ0n) is 18.4. The smallest absolute Gasteiger partial charge is 0.152 e. The van der Waals surface area contributed by atoms with Gasteiger partial charge < -0.3 is 14.1 Å². The van der Waals surface area contributed by atoms with E-state index in [9.17, 15) is 18.0 Å². The van der Waals surface area contributed by atoms with Crippen LogP contribution in [-0.4, -0.2) is 62.6 Å². The van der Waals surface area contributed by atoms with Crippen LogP contribution in [0.25, 0.3) is 21.7 Å². The number of sulfone groups is 1. The molecule has 1 aliphatic carbocycles. The van der Waals surface area contributed by atoms with Crippen LogP contribution < -0.4 is 4.74 Å². The van der Waals surface area contributed by atoms with Gasteiger partial charge in [-0.25, -0.2) is 8.42 Å². The molecular formula is C25H27NO6S. The van der Waals surface area contributed by atoms with Crippen LogP contribution in [0.1, 0.15) is 37.2 Å². The molecule has 174 valence electrons. The number of furan rings is 1. The van der Waals surface area contributed by atoms with E-state index >= 15 is 0 Å². The van der Waals surface area contributed by atoms with Gasteiger partial charge in [0.1, 0.15) is 22.9 Å². The van der Waals surface area contributed by atoms with Crippen molar-refractivity contribution in [2.75, 3.05) is 37.7 Å². The van der Waals surface area contributed by atoms with Gasteiger partial charge in [0.15, 0.2) is 9.84 Å². The lowest BCUT2D eigenvalue weighted by atomic mass is 9.81. The second-order valence-electron chi connectivity index (χ2n) is 8.98. The third-order valence-corrected chi connectivity index (χ3v) is 8.34. The maximum Gasteiger partial charge on any atom is 0.152 e. The molecule has 33 heavy (non-hydrogen) atoms. The van der Waals surface area contributed by atoms with Crippen LogP contribution in [0.15, 0.2) is 41.0 Å². The maximum absolute atomic E-state index is 12.5. The van der Waals surface area contributed by atoms with Crippen molar-refractivity contribution in [3.05, 3.63) is 42.2 Å². The minimum absolute atomic E-state index is 0.00728. The molecule has 1 aliphatic heterocycles. The highest BCUT2D eigenvalue weighted by atomic mass is 32.2. The van der Waals surface area contributed by atoms with Gasteiger partial charge in [-0.15, -0.1) is 0 Å². The first-order chi connectivity index (χ1) is 15.9. The fourth-order valence-corrected chi connectivity index (χ4v) is 6.15. The van der Waals surface area contributed by atoms with E-state index in [1.165, 1.54) is 0 Å². The van der Waals surface area contributed by atoms with E-state index in [-0.39, 0.29) is 35.4 Å². The molecule has 1 saturated heterocycles. The number of carbonyl (C=O) groups is 2. The van der Waals surface area contributed by atoms with Crippen molar-refractivity contribution in [2.24, 2.45) is 0 Å². The van der Waals surface area contributed by atoms with Crippen LogP contribution in [0.4, 0.5) is 0 Å². The second kappa shape index (κ2) is 8.91. The van der Waals surface area contributed by atoms with Gasteiger partial charge in [0, 0.05) is 42.9 Å². The number of rotatable bonds is 6. The molecule has 2 aliphatic rings. The Bertz CT molecular complexity index is 1310. The van der Waals surface area contributed by atoms with E-state index in [0.29, 0.717) is 32.5 Å². The monoisotopic (exact) mass is 469 g/mol. The molecule has 3 aromatic rings. The summed E-state index contributed by atoms with van der Waals surface area (Å²) in [5, 5.41) is 2.94. The zero-order chi connectivity index (χ0) is 23.0. The summed E-state index contributed by atoms with van der Waals surface area (Å²) in [7, 11) is -2.85. The van der Waals surface area contributed by atoms with E-state index in [2.05, 4.69) is 4.90 Å². The lowest BCUT2D eigenvalue weighted by Gasteiger charge is -2.26. The summed E-state index contributed by atoms with van der Waals surface area (Å²) in [6.45, 7) is 2.57. The molecule has 1 aromatic heterocycles. The first-order valence-electron chi connectivity index (χ1n) is 11.4. The molecule has 1 saturated carbocycles. The molecule has 2 aromatic carbocycles. The Balaban J connectivity index is 1.28. The lowest BCUT2D eigenvalue weighted by molar-refractivity contribution is -0.130. The maximum atomic E-state index is 12.5. The molecule has 2 heterocycles. The van der Waals surface area contributed by atoms with Crippen molar-refractivity contribution < 1.29 is 27.2 Å². The van der Waals surface area contributed by atoms with Gasteiger partial charge in [-0.3, -0.25) is 9.59 Å². The van der Waals surface area contributed by atoms with E-state index in [0.717, 1.165) is 46.0 Å². The standard InChI is InChI=1S/C25H27NO6S/c27-18-3-5-21(23(28)15-18)22-16-32-24-7-2-17-14-19(4-6-20(17)25(22)24)31-11-1-8-26-9-12-33(29,30)13-10-26/h2,4,6-7,14,16,21H,1,3,5,8-13,15H2/t21-/m0/s1. The molecule has 0 N–H and O–H groups in total. The number of nitrogens with zero attached hydrogens (tertiary/aromatic N) is 1. The fourth-order valence-electron chi connectivity index (χ4n) is 4.87. The Morgan fingerprint density at radius 3 is 2.70 bits per heavy atom. The minimum atomic E-state index is -2.85. The Labute approximate surface area is 192 Å². The third-order valence-electron chi connectivity index (χ3n) is 6.73. The van der Waals surface area contributed by atoms with Crippen molar-refractivity contribution in [3.8, 4) is 5.75 Å². The molecule has 2 fully saturated rings. The topological polar surface area (TPSA) is 93.9 Å². The first-order valence-corrected chi connectivity index (χ1v) is 13.3. The van der Waals surface area contributed by atoms with Gasteiger partial charge in [-0.1, -0.05) is 6.07 Å². The summed E-state index contributed by atoms with van der Waals surface area (Å²) in [5.41, 5.74) is 1.60. The number of hydrogen-bond donors (Lipinski definition) is 0. The Morgan fingerprint density at radius 1 is 1.09 bits per heavy atom. The van der Waals surface area contributed by atoms with E-state index in [1.807, 2.05) is 30.3 Å². The normalized spacial score (nSPS) is 21.6. The average molecular weight is 470 g/mol. The lowest BCUT2D eigenvalue weighted by Crippen LogP contribution is -2.40. The molecule has 0 spiro atoms. The highest BCUT2D eigenvalue weighted by molar-refractivity contribution is 7.91. The molecular weight excluding hydrogens is 442 g/mol. The van der Waals surface area contributed by atoms with Crippen molar-refractivity contribution >= 4 is 43.1 Å². The quantitative estimate of drug-likeness (QED) is 0.403. The largest absolute Gasteiger partial charge is 0.494 e. The zero-order valence-corrected chi connectivity index (χ0v) is 19.2. The summed E-state index contributed by atoms with van der Waals surface area (Å²) in [4.78, 5) is 26.3. The van der Waals surface area contributed by atoms with Gasteiger partial charge in [0.25, 0.3) is 0 Å². The van der Waals surface area contributed by atoms with Crippen molar-refractivity contribution in [1.82, 2.24) is 4.90 Å². The van der Waals surface area contributed by atoms with Crippen molar-refractivity contribution in [3.63, 3.8) is 0 Å². The number of fused-ring (bicyclic) bond motifs is 3. The van der Waals surface area contributed by atoms with Gasteiger partial charge >= 0.3 is 0 Å². The van der Waals surface area contributed by atoms with Crippen LogP contribution in [0, 0.1) is 0 Å². The predicted octanol–water partition coefficient (Wildman–Crippen LogP) is 3.49. The highest BCUT2D eigenvalue weighted by Crippen LogP contribution is 2.38. The second-order valence-corrected chi connectivity index (χ2v) is 11.3. The van der Waals surface area contributed by atoms with Gasteiger partial charge in [-0.05, 0) is 47.9 Å². The summed E-state index contributed by atoms with van der Waals surface area (Å²) in [6, 6.07) is 9.81. The van der Waals surface area contributed by atoms with Crippen LogP contribution >= 0.6 is 0 Å². The van der Waals surface area contributed by atoms with Crippen molar-refractivity contribution in [1.29, 1.82) is 0 Å². The van der Waals surface area contributed by atoms with Crippen LogP contribution in [0.2, 0.25) is 0 Å². The van der Waals surface area contributed by atoms with E-state index in [1.54, 1.807) is 6.26 Å². The van der Waals surface area contributed by atoms with E-state index in [4.69, 9.17) is 9.15 Å². The number of hydrogen-bond acceptors (Lipinski definition) is 7. The van der Waals surface area contributed by atoms with E-state index < -0.39 is 9.84 Å². The van der Waals surface area contributed by atoms with Crippen molar-refractivity contribution in [2.45, 2.75) is 31.6 Å². The van der Waals surface area contributed by atoms with Crippen LogP contribution in [0.3, 0.4) is 0 Å². The minimum Gasteiger partial charge on any atom is -0.494 e. The fraction of sp³-hybridized carbons (Fsp3) is 0.440. The summed E-state index contributed by atoms with van der Waals surface area (Å²) in [5.74, 6) is 0.943. The first kappa shape index (κ1) is 22.1.